The van der Waals surface area contributed by atoms with Crippen molar-refractivity contribution in [3.8, 4) is 6.07 Å². The van der Waals surface area contributed by atoms with E-state index < -0.39 is 0 Å². The summed E-state index contributed by atoms with van der Waals surface area (Å²) >= 11 is 0. The molecule has 0 aliphatic rings. The maximum absolute atomic E-state index is 12.8. The highest BCUT2D eigenvalue weighted by molar-refractivity contribution is 5.10. The van der Waals surface area contributed by atoms with Crippen molar-refractivity contribution in [3.63, 3.8) is 0 Å². The van der Waals surface area contributed by atoms with Gasteiger partial charge in [0.25, 0.3) is 0 Å². The predicted octanol–water partition coefficient (Wildman–Crippen LogP) is 1.56. The molecule has 1 atom stereocenters. The average Bonchev–Trinajstić information content (AvgIpc) is 2.16. The predicted molar refractivity (Wildman–Crippen MR) is 50.7 cm³/mol. The van der Waals surface area contributed by atoms with Crippen LogP contribution < -0.4 is 0 Å². The molecular weight excluding hydrogens is 181 g/mol. The van der Waals surface area contributed by atoms with Crippen LogP contribution >= 0.6 is 0 Å². The van der Waals surface area contributed by atoms with Crippen molar-refractivity contribution in [2.75, 3.05) is 7.05 Å². The average molecular weight is 193 g/mol. The third-order valence-electron chi connectivity index (χ3n) is 2.04. The lowest BCUT2D eigenvalue weighted by Crippen LogP contribution is -2.27. The fraction of sp³-hybridized carbons (Fsp3) is 0.400. The highest BCUT2D eigenvalue weighted by Gasteiger charge is 2.08. The number of pyridine rings is 1. The molecule has 0 aliphatic carbocycles. The minimum absolute atomic E-state index is 0.182. The van der Waals surface area contributed by atoms with Gasteiger partial charge in [0.05, 0.1) is 18.3 Å². The normalized spacial score (nSPS) is 12.5. The number of aromatic nitrogens is 1. The number of rotatable bonds is 3. The Kier molecular flexibility index (Phi) is 3.55. The number of nitrogens with zero attached hydrogens (tertiary/aromatic N) is 3. The molecule has 4 heteroatoms. The fourth-order valence-electron chi connectivity index (χ4n) is 1.07. The third-order valence-corrected chi connectivity index (χ3v) is 2.04. The molecule has 0 saturated heterocycles. The van der Waals surface area contributed by atoms with Gasteiger partial charge in [-0.15, -0.1) is 0 Å². The van der Waals surface area contributed by atoms with E-state index in [1.54, 1.807) is 13.1 Å². The van der Waals surface area contributed by atoms with E-state index in [9.17, 15) is 4.39 Å². The summed E-state index contributed by atoms with van der Waals surface area (Å²) in [5, 5.41) is 8.66. The molecule has 0 amide bonds. The molecule has 0 bridgehead atoms. The van der Waals surface area contributed by atoms with Gasteiger partial charge in [-0.05, 0) is 25.6 Å². The van der Waals surface area contributed by atoms with E-state index in [2.05, 4.69) is 11.1 Å². The summed E-state index contributed by atoms with van der Waals surface area (Å²) < 4.78 is 12.8. The standard InChI is InChI=1S/C10H12FN3/c1-8(4-12)14(2)7-9-3-10(11)6-13-5-9/h3,5-6,8H,7H2,1-2H3. The first-order valence-electron chi connectivity index (χ1n) is 4.32. The van der Waals surface area contributed by atoms with Crippen molar-refractivity contribution in [1.29, 1.82) is 5.26 Å². The van der Waals surface area contributed by atoms with E-state index in [0.29, 0.717) is 6.54 Å². The first-order chi connectivity index (χ1) is 6.63. The highest BCUT2D eigenvalue weighted by atomic mass is 19.1. The topological polar surface area (TPSA) is 39.9 Å². The Hall–Kier alpha value is -1.47. The van der Waals surface area contributed by atoms with Crippen molar-refractivity contribution in [2.24, 2.45) is 0 Å². The van der Waals surface area contributed by atoms with Gasteiger partial charge in [-0.3, -0.25) is 9.88 Å². The van der Waals surface area contributed by atoms with E-state index in [0.717, 1.165) is 11.8 Å². The quantitative estimate of drug-likeness (QED) is 0.731. The van der Waals surface area contributed by atoms with E-state index >= 15 is 0 Å². The van der Waals surface area contributed by atoms with Gasteiger partial charge in [0, 0.05) is 12.7 Å². The molecule has 1 aromatic rings. The second-order valence-corrected chi connectivity index (χ2v) is 3.23. The van der Waals surface area contributed by atoms with Crippen molar-refractivity contribution in [1.82, 2.24) is 9.88 Å². The van der Waals surface area contributed by atoms with Gasteiger partial charge < -0.3 is 0 Å². The molecule has 0 spiro atoms. The molecule has 1 aromatic heterocycles. The second kappa shape index (κ2) is 4.68. The van der Waals surface area contributed by atoms with Crippen LogP contribution in [0.5, 0.6) is 0 Å². The molecule has 0 radical (unpaired) electrons. The molecule has 3 nitrogen and oxygen atoms in total. The van der Waals surface area contributed by atoms with E-state index in [1.165, 1.54) is 6.07 Å². The Labute approximate surface area is 82.8 Å². The van der Waals surface area contributed by atoms with Crippen LogP contribution in [-0.2, 0) is 6.54 Å². The van der Waals surface area contributed by atoms with Crippen LogP contribution in [0, 0.1) is 17.1 Å². The largest absolute Gasteiger partial charge is 0.287 e. The summed E-state index contributed by atoms with van der Waals surface area (Å²) in [4.78, 5) is 5.57. The Morgan fingerprint density at radius 2 is 2.36 bits per heavy atom. The van der Waals surface area contributed by atoms with Crippen LogP contribution in [0.4, 0.5) is 4.39 Å². The minimum Gasteiger partial charge on any atom is -0.287 e. The number of nitriles is 1. The van der Waals surface area contributed by atoms with Gasteiger partial charge in [-0.2, -0.15) is 5.26 Å². The lowest BCUT2D eigenvalue weighted by atomic mass is 10.2. The molecule has 1 unspecified atom stereocenters. The van der Waals surface area contributed by atoms with Crippen molar-refractivity contribution in [2.45, 2.75) is 19.5 Å². The van der Waals surface area contributed by atoms with Crippen LogP contribution in [-0.4, -0.2) is 23.0 Å². The minimum atomic E-state index is -0.347. The van der Waals surface area contributed by atoms with Crippen molar-refractivity contribution < 1.29 is 4.39 Å². The highest BCUT2D eigenvalue weighted by Crippen LogP contribution is 2.06. The molecular formula is C10H12FN3. The summed E-state index contributed by atoms with van der Waals surface area (Å²) in [6, 6.07) is 3.35. The molecule has 74 valence electrons. The van der Waals surface area contributed by atoms with Gasteiger partial charge >= 0.3 is 0 Å². The molecule has 0 aromatic carbocycles. The Balaban J connectivity index is 2.65. The van der Waals surface area contributed by atoms with Crippen molar-refractivity contribution in [3.05, 3.63) is 29.8 Å². The number of hydrogen-bond donors (Lipinski definition) is 0. The number of hydrogen-bond acceptors (Lipinski definition) is 3. The fourth-order valence-corrected chi connectivity index (χ4v) is 1.07. The third kappa shape index (κ3) is 2.79. The molecule has 14 heavy (non-hydrogen) atoms. The maximum atomic E-state index is 12.8. The lowest BCUT2D eigenvalue weighted by molar-refractivity contribution is 0.293. The molecule has 0 aliphatic heterocycles. The van der Waals surface area contributed by atoms with Gasteiger partial charge in [0.2, 0.25) is 0 Å². The van der Waals surface area contributed by atoms with Crippen LogP contribution in [0.15, 0.2) is 18.5 Å². The summed E-state index contributed by atoms with van der Waals surface area (Å²) in [7, 11) is 1.82. The summed E-state index contributed by atoms with van der Waals surface area (Å²) in [6.45, 7) is 2.33. The summed E-state index contributed by atoms with van der Waals surface area (Å²) in [5.41, 5.74) is 0.773. The van der Waals surface area contributed by atoms with Crippen LogP contribution in [0.3, 0.4) is 0 Å². The first kappa shape index (κ1) is 10.6. The molecule has 1 rings (SSSR count). The van der Waals surface area contributed by atoms with Crippen LogP contribution in [0.2, 0.25) is 0 Å². The molecule has 0 saturated carbocycles. The molecule has 1 heterocycles. The van der Waals surface area contributed by atoms with Crippen LogP contribution in [0.25, 0.3) is 0 Å². The first-order valence-corrected chi connectivity index (χ1v) is 4.32. The molecule has 0 fully saturated rings. The lowest BCUT2D eigenvalue weighted by Gasteiger charge is -2.18. The molecule has 0 N–H and O–H groups in total. The van der Waals surface area contributed by atoms with Crippen LogP contribution in [0.1, 0.15) is 12.5 Å². The van der Waals surface area contributed by atoms with Gasteiger partial charge in [0.1, 0.15) is 5.82 Å². The maximum Gasteiger partial charge on any atom is 0.141 e. The van der Waals surface area contributed by atoms with Crippen molar-refractivity contribution >= 4 is 0 Å². The van der Waals surface area contributed by atoms with Gasteiger partial charge in [-0.1, -0.05) is 0 Å². The van der Waals surface area contributed by atoms with E-state index in [1.807, 2.05) is 11.9 Å². The van der Waals surface area contributed by atoms with E-state index in [4.69, 9.17) is 5.26 Å². The second-order valence-electron chi connectivity index (χ2n) is 3.23. The zero-order valence-corrected chi connectivity index (χ0v) is 8.24. The van der Waals surface area contributed by atoms with E-state index in [-0.39, 0.29) is 11.9 Å². The monoisotopic (exact) mass is 193 g/mol. The Bertz CT molecular complexity index is 345. The summed E-state index contributed by atoms with van der Waals surface area (Å²) in [6.07, 6.45) is 2.76. The zero-order chi connectivity index (χ0) is 10.6. The Morgan fingerprint density at radius 1 is 1.64 bits per heavy atom. The number of halogens is 1. The van der Waals surface area contributed by atoms with Gasteiger partial charge in [0.15, 0.2) is 0 Å². The Morgan fingerprint density at radius 3 is 2.93 bits per heavy atom. The SMILES string of the molecule is CC(C#N)N(C)Cc1cncc(F)c1. The summed E-state index contributed by atoms with van der Waals surface area (Å²) in [5.74, 6) is -0.347. The zero-order valence-electron chi connectivity index (χ0n) is 8.24. The van der Waals surface area contributed by atoms with Gasteiger partial charge in [-0.25, -0.2) is 4.39 Å². The smallest absolute Gasteiger partial charge is 0.141 e.